The first-order valence-corrected chi connectivity index (χ1v) is 11.1. The number of carbonyl (C=O) groups is 2. The molecule has 0 saturated carbocycles. The summed E-state index contributed by atoms with van der Waals surface area (Å²) in [7, 11) is 0. The number of unbranched alkanes of at least 4 members (excludes halogenated alkanes) is 2. The third kappa shape index (κ3) is 7.70. The lowest BCUT2D eigenvalue weighted by Gasteiger charge is -2.32. The Morgan fingerprint density at radius 2 is 1.68 bits per heavy atom. The van der Waals surface area contributed by atoms with Crippen molar-refractivity contribution in [3.05, 3.63) is 71.5 Å². The molecule has 0 spiro atoms. The topological polar surface area (TPSA) is 58.6 Å². The van der Waals surface area contributed by atoms with Gasteiger partial charge in [0.1, 0.15) is 12.4 Å². The second-order valence-electron chi connectivity index (χ2n) is 8.01. The van der Waals surface area contributed by atoms with Crippen molar-refractivity contribution in [2.45, 2.75) is 51.0 Å². The van der Waals surface area contributed by atoms with E-state index in [0.717, 1.165) is 56.3 Å². The van der Waals surface area contributed by atoms with E-state index in [4.69, 9.17) is 4.74 Å². The number of carbonyl (C=O) groups excluding carboxylic acids is 2. The Balaban J connectivity index is 1.22. The number of alkyl carbamates (subject to hydrolysis) is 1. The molecule has 2 amide bonds. The van der Waals surface area contributed by atoms with Gasteiger partial charge in [-0.1, -0.05) is 48.9 Å². The number of likely N-dealkylation sites (tertiary alicyclic amines) is 1. The van der Waals surface area contributed by atoms with Crippen LogP contribution in [0, 0.1) is 5.82 Å². The summed E-state index contributed by atoms with van der Waals surface area (Å²) in [6.45, 7) is 2.33. The predicted octanol–water partition coefficient (Wildman–Crippen LogP) is 5.02. The van der Waals surface area contributed by atoms with E-state index < -0.39 is 6.09 Å². The smallest absolute Gasteiger partial charge is 0.407 e. The first kappa shape index (κ1) is 22.8. The molecule has 0 atom stereocenters. The molecule has 0 aliphatic carbocycles. The number of ether oxygens (including phenoxy) is 1. The van der Waals surface area contributed by atoms with Crippen LogP contribution in [0.5, 0.6) is 0 Å². The molecule has 1 fully saturated rings. The highest BCUT2D eigenvalue weighted by Gasteiger charge is 2.23. The number of halogens is 1. The van der Waals surface area contributed by atoms with Gasteiger partial charge in [-0.15, -0.1) is 0 Å². The van der Waals surface area contributed by atoms with E-state index in [9.17, 15) is 14.0 Å². The van der Waals surface area contributed by atoms with Crippen LogP contribution in [0.1, 0.15) is 55.6 Å². The second kappa shape index (κ2) is 12.1. The third-order valence-electron chi connectivity index (χ3n) is 5.74. The lowest BCUT2D eigenvalue weighted by Crippen LogP contribution is -2.37. The van der Waals surface area contributed by atoms with E-state index in [1.54, 1.807) is 0 Å². The summed E-state index contributed by atoms with van der Waals surface area (Å²) in [6.07, 6.45) is 4.50. The fourth-order valence-electron chi connectivity index (χ4n) is 3.90. The number of rotatable bonds is 9. The normalized spacial score (nSPS) is 14.3. The number of hydrogen-bond acceptors (Lipinski definition) is 3. The minimum absolute atomic E-state index is 0.202. The predicted molar refractivity (Wildman–Crippen MR) is 118 cm³/mol. The fourth-order valence-corrected chi connectivity index (χ4v) is 3.90. The Hall–Kier alpha value is -2.89. The maximum atomic E-state index is 13.1. The molecule has 2 aromatic rings. The lowest BCUT2D eigenvalue weighted by molar-refractivity contribution is -0.132. The summed E-state index contributed by atoms with van der Waals surface area (Å²) >= 11 is 0. The van der Waals surface area contributed by atoms with Gasteiger partial charge in [0.15, 0.2) is 0 Å². The van der Waals surface area contributed by atoms with Crippen LogP contribution in [0.3, 0.4) is 0 Å². The van der Waals surface area contributed by atoms with Gasteiger partial charge >= 0.3 is 6.09 Å². The van der Waals surface area contributed by atoms with Crippen LogP contribution in [-0.2, 0) is 16.1 Å². The monoisotopic (exact) mass is 426 g/mol. The van der Waals surface area contributed by atoms with Crippen molar-refractivity contribution in [2.24, 2.45) is 0 Å². The highest BCUT2D eigenvalue weighted by molar-refractivity contribution is 5.76. The zero-order valence-electron chi connectivity index (χ0n) is 17.9. The molecule has 1 N–H and O–H groups in total. The summed E-state index contributed by atoms with van der Waals surface area (Å²) in [5.74, 6) is 0.390. The van der Waals surface area contributed by atoms with Crippen molar-refractivity contribution in [2.75, 3.05) is 19.6 Å². The summed E-state index contributed by atoms with van der Waals surface area (Å²) < 4.78 is 18.2. The van der Waals surface area contributed by atoms with Gasteiger partial charge < -0.3 is 15.0 Å². The number of nitrogens with zero attached hydrogens (tertiary/aromatic N) is 1. The molecule has 3 rings (SSSR count). The molecule has 0 unspecified atom stereocenters. The van der Waals surface area contributed by atoms with Crippen molar-refractivity contribution in [1.29, 1.82) is 0 Å². The van der Waals surface area contributed by atoms with Gasteiger partial charge in [0.05, 0.1) is 0 Å². The van der Waals surface area contributed by atoms with Crippen molar-refractivity contribution in [1.82, 2.24) is 10.2 Å². The lowest BCUT2D eigenvalue weighted by atomic mass is 9.89. The number of nitrogens with one attached hydrogen (secondary N) is 1. The minimum atomic E-state index is -0.413. The Labute approximate surface area is 183 Å². The SMILES string of the molecule is O=C(NCCCCCC(=O)N1CCC(c2ccc(F)cc2)CC1)OCc1ccccc1. The fraction of sp³-hybridized carbons (Fsp3) is 0.440. The highest BCUT2D eigenvalue weighted by Crippen LogP contribution is 2.28. The number of piperidine rings is 1. The summed E-state index contributed by atoms with van der Waals surface area (Å²) in [4.78, 5) is 26.1. The Kier molecular flexibility index (Phi) is 8.88. The van der Waals surface area contributed by atoms with Crippen LogP contribution in [0.4, 0.5) is 9.18 Å². The first-order chi connectivity index (χ1) is 15.1. The van der Waals surface area contributed by atoms with Gasteiger partial charge in [-0.05, 0) is 54.9 Å². The maximum absolute atomic E-state index is 13.1. The van der Waals surface area contributed by atoms with Crippen LogP contribution < -0.4 is 5.32 Å². The van der Waals surface area contributed by atoms with Gasteiger partial charge in [-0.25, -0.2) is 9.18 Å². The second-order valence-corrected chi connectivity index (χ2v) is 8.01. The Bertz CT molecular complexity index is 818. The zero-order valence-corrected chi connectivity index (χ0v) is 17.9. The average Bonchev–Trinajstić information content (AvgIpc) is 2.81. The van der Waals surface area contributed by atoms with E-state index in [2.05, 4.69) is 5.32 Å². The number of amides is 2. The number of benzene rings is 2. The van der Waals surface area contributed by atoms with Gasteiger partial charge in [0.25, 0.3) is 0 Å². The summed E-state index contributed by atoms with van der Waals surface area (Å²) in [6, 6.07) is 16.3. The van der Waals surface area contributed by atoms with E-state index in [1.165, 1.54) is 12.1 Å². The Morgan fingerprint density at radius 1 is 0.968 bits per heavy atom. The zero-order chi connectivity index (χ0) is 21.9. The molecule has 1 aliphatic heterocycles. The van der Waals surface area contributed by atoms with Crippen LogP contribution in [0.15, 0.2) is 54.6 Å². The van der Waals surface area contributed by atoms with E-state index in [0.29, 0.717) is 18.9 Å². The van der Waals surface area contributed by atoms with E-state index in [-0.39, 0.29) is 18.3 Å². The van der Waals surface area contributed by atoms with Crippen molar-refractivity contribution < 1.29 is 18.7 Å². The molecule has 0 aromatic heterocycles. The van der Waals surface area contributed by atoms with Gasteiger partial charge in [-0.2, -0.15) is 0 Å². The molecular weight excluding hydrogens is 395 g/mol. The molecule has 1 aliphatic rings. The van der Waals surface area contributed by atoms with Crippen LogP contribution >= 0.6 is 0 Å². The van der Waals surface area contributed by atoms with Gasteiger partial charge in [-0.3, -0.25) is 4.79 Å². The van der Waals surface area contributed by atoms with E-state index >= 15 is 0 Å². The molecule has 1 heterocycles. The standard InChI is InChI=1S/C25H31FN2O3/c26-23-12-10-21(11-13-23)22-14-17-28(18-15-22)24(29)9-5-2-6-16-27-25(30)31-19-20-7-3-1-4-8-20/h1,3-4,7-8,10-13,22H,2,5-6,9,14-19H2,(H,27,30). The first-order valence-electron chi connectivity index (χ1n) is 11.1. The van der Waals surface area contributed by atoms with Crippen molar-refractivity contribution in [3.8, 4) is 0 Å². The summed E-state index contributed by atoms with van der Waals surface area (Å²) in [5.41, 5.74) is 2.11. The van der Waals surface area contributed by atoms with Gasteiger partial charge in [0, 0.05) is 26.1 Å². The highest BCUT2D eigenvalue weighted by atomic mass is 19.1. The molecule has 2 aromatic carbocycles. The summed E-state index contributed by atoms with van der Waals surface area (Å²) in [5, 5.41) is 2.75. The molecule has 0 bridgehead atoms. The number of hydrogen-bond donors (Lipinski definition) is 1. The minimum Gasteiger partial charge on any atom is -0.445 e. The molecule has 166 valence electrons. The van der Waals surface area contributed by atoms with Gasteiger partial charge in [0.2, 0.25) is 5.91 Å². The van der Waals surface area contributed by atoms with Crippen molar-refractivity contribution >= 4 is 12.0 Å². The van der Waals surface area contributed by atoms with E-state index in [1.807, 2.05) is 47.4 Å². The molecule has 5 nitrogen and oxygen atoms in total. The largest absolute Gasteiger partial charge is 0.445 e. The Morgan fingerprint density at radius 3 is 2.39 bits per heavy atom. The molecule has 1 saturated heterocycles. The van der Waals surface area contributed by atoms with Crippen LogP contribution in [0.25, 0.3) is 0 Å². The molecule has 6 heteroatoms. The van der Waals surface area contributed by atoms with Crippen LogP contribution in [0.2, 0.25) is 0 Å². The molecular formula is C25H31FN2O3. The van der Waals surface area contributed by atoms with Crippen molar-refractivity contribution in [3.63, 3.8) is 0 Å². The molecule has 0 radical (unpaired) electrons. The molecule has 31 heavy (non-hydrogen) atoms. The maximum Gasteiger partial charge on any atom is 0.407 e. The average molecular weight is 427 g/mol. The third-order valence-corrected chi connectivity index (χ3v) is 5.74. The van der Waals surface area contributed by atoms with Crippen LogP contribution in [-0.4, -0.2) is 36.5 Å². The quantitative estimate of drug-likeness (QED) is 0.573.